The second-order valence-electron chi connectivity index (χ2n) is 7.07. The fourth-order valence-electron chi connectivity index (χ4n) is 3.29. The van der Waals surface area contributed by atoms with Crippen LogP contribution in [0, 0.1) is 5.41 Å². The minimum atomic E-state index is -1.06. The summed E-state index contributed by atoms with van der Waals surface area (Å²) in [5.74, 6) is -0.883. The Labute approximate surface area is 120 Å². The van der Waals surface area contributed by atoms with Crippen molar-refractivity contribution in [2.75, 3.05) is 13.1 Å². The predicted octanol–water partition coefficient (Wildman–Crippen LogP) is 2.61. The smallest absolute Gasteiger partial charge is 0.329 e. The Morgan fingerprint density at radius 3 is 2.10 bits per heavy atom. The summed E-state index contributed by atoms with van der Waals surface area (Å²) < 4.78 is 0. The highest BCUT2D eigenvalue weighted by Gasteiger charge is 2.42. The molecule has 2 fully saturated rings. The molecule has 0 aromatic carbocycles. The fraction of sp³-hybridized carbons (Fsp3) is 0.867. The number of hydrogen-bond acceptors (Lipinski definition) is 2. The van der Waals surface area contributed by atoms with Crippen LogP contribution in [0.25, 0.3) is 0 Å². The van der Waals surface area contributed by atoms with Gasteiger partial charge in [-0.05, 0) is 24.7 Å². The summed E-state index contributed by atoms with van der Waals surface area (Å²) >= 11 is 0. The van der Waals surface area contributed by atoms with E-state index in [2.05, 4.69) is 19.2 Å². The van der Waals surface area contributed by atoms with Gasteiger partial charge in [0, 0.05) is 13.1 Å². The predicted molar refractivity (Wildman–Crippen MR) is 76.6 cm³/mol. The van der Waals surface area contributed by atoms with Crippen molar-refractivity contribution in [2.24, 2.45) is 5.41 Å². The number of carboxylic acid groups (broad SMARTS) is 1. The van der Waals surface area contributed by atoms with E-state index >= 15 is 0 Å². The second kappa shape index (κ2) is 5.62. The average molecular weight is 282 g/mol. The molecule has 0 aromatic rings. The summed E-state index contributed by atoms with van der Waals surface area (Å²) in [6.45, 7) is 5.70. The molecule has 5 nitrogen and oxygen atoms in total. The van der Waals surface area contributed by atoms with Crippen molar-refractivity contribution in [3.63, 3.8) is 0 Å². The summed E-state index contributed by atoms with van der Waals surface area (Å²) in [6, 6.07) is -0.208. The first kappa shape index (κ1) is 15.1. The van der Waals surface area contributed by atoms with Gasteiger partial charge in [-0.15, -0.1) is 0 Å². The number of nitrogens with one attached hydrogen (secondary N) is 1. The highest BCUT2D eigenvalue weighted by Crippen LogP contribution is 2.31. The Morgan fingerprint density at radius 1 is 1.05 bits per heavy atom. The summed E-state index contributed by atoms with van der Waals surface area (Å²) in [5.41, 5.74) is -0.919. The van der Waals surface area contributed by atoms with Crippen LogP contribution in [-0.4, -0.2) is 40.6 Å². The normalized spacial score (nSPS) is 25.0. The largest absolute Gasteiger partial charge is 0.480 e. The van der Waals surface area contributed by atoms with Gasteiger partial charge in [0.2, 0.25) is 0 Å². The van der Waals surface area contributed by atoms with E-state index in [9.17, 15) is 14.7 Å². The van der Waals surface area contributed by atoms with Gasteiger partial charge in [-0.25, -0.2) is 9.59 Å². The first-order chi connectivity index (χ1) is 9.35. The van der Waals surface area contributed by atoms with E-state index in [0.29, 0.717) is 25.9 Å². The minimum absolute atomic E-state index is 0.136. The molecule has 2 rings (SSSR count). The SMILES string of the molecule is CC1(C)CCN(C(=O)NC2(C(=O)O)CCCCCC2)C1. The van der Waals surface area contributed by atoms with Gasteiger partial charge in [0.25, 0.3) is 0 Å². The Bertz CT molecular complexity index is 385. The van der Waals surface area contributed by atoms with Gasteiger partial charge in [0.15, 0.2) is 0 Å². The fourth-order valence-corrected chi connectivity index (χ4v) is 3.29. The van der Waals surface area contributed by atoms with E-state index < -0.39 is 11.5 Å². The number of carboxylic acids is 1. The number of hydrogen-bond donors (Lipinski definition) is 2. The molecule has 1 aliphatic heterocycles. The van der Waals surface area contributed by atoms with Gasteiger partial charge in [0.05, 0.1) is 0 Å². The minimum Gasteiger partial charge on any atom is -0.480 e. The van der Waals surface area contributed by atoms with Crippen molar-refractivity contribution in [3.05, 3.63) is 0 Å². The van der Waals surface area contributed by atoms with E-state index in [1.807, 2.05) is 0 Å². The van der Waals surface area contributed by atoms with Crippen LogP contribution in [0.3, 0.4) is 0 Å². The molecule has 0 atom stereocenters. The topological polar surface area (TPSA) is 69.6 Å². The molecule has 114 valence electrons. The van der Waals surface area contributed by atoms with Crippen molar-refractivity contribution >= 4 is 12.0 Å². The highest BCUT2D eigenvalue weighted by atomic mass is 16.4. The van der Waals surface area contributed by atoms with E-state index in [1.165, 1.54) is 0 Å². The van der Waals surface area contributed by atoms with Gasteiger partial charge in [-0.2, -0.15) is 0 Å². The second-order valence-corrected chi connectivity index (χ2v) is 7.07. The monoisotopic (exact) mass is 282 g/mol. The lowest BCUT2D eigenvalue weighted by molar-refractivity contribution is -0.145. The van der Waals surface area contributed by atoms with Crippen molar-refractivity contribution < 1.29 is 14.7 Å². The number of urea groups is 1. The molecule has 1 saturated carbocycles. The molecule has 2 N–H and O–H groups in total. The zero-order chi connectivity index (χ0) is 14.8. The maximum atomic E-state index is 12.4. The number of aliphatic carboxylic acids is 1. The first-order valence-corrected chi connectivity index (χ1v) is 7.65. The molecular formula is C15H26N2O3. The maximum Gasteiger partial charge on any atom is 0.329 e. The number of carbonyl (C=O) groups is 2. The van der Waals surface area contributed by atoms with Crippen LogP contribution in [0.2, 0.25) is 0 Å². The number of amides is 2. The average Bonchev–Trinajstić information content (AvgIpc) is 2.60. The third-order valence-corrected chi connectivity index (χ3v) is 4.68. The molecule has 0 radical (unpaired) electrons. The number of nitrogens with zero attached hydrogens (tertiary/aromatic N) is 1. The summed E-state index contributed by atoms with van der Waals surface area (Å²) in [6.07, 6.45) is 5.93. The first-order valence-electron chi connectivity index (χ1n) is 7.65. The van der Waals surface area contributed by atoms with Crippen LogP contribution >= 0.6 is 0 Å². The Morgan fingerprint density at radius 2 is 1.65 bits per heavy atom. The Kier molecular flexibility index (Phi) is 4.25. The molecule has 0 unspecified atom stereocenters. The van der Waals surface area contributed by atoms with Gasteiger partial charge in [-0.3, -0.25) is 0 Å². The van der Waals surface area contributed by atoms with Crippen molar-refractivity contribution in [3.8, 4) is 0 Å². The lowest BCUT2D eigenvalue weighted by Crippen LogP contribution is -2.57. The third kappa shape index (κ3) is 3.25. The van der Waals surface area contributed by atoms with Crippen LogP contribution < -0.4 is 5.32 Å². The molecule has 0 aromatic heterocycles. The van der Waals surface area contributed by atoms with Gasteiger partial charge < -0.3 is 15.3 Å². The van der Waals surface area contributed by atoms with Crippen LogP contribution in [0.1, 0.15) is 58.8 Å². The molecule has 2 amide bonds. The van der Waals surface area contributed by atoms with Gasteiger partial charge >= 0.3 is 12.0 Å². The van der Waals surface area contributed by atoms with Crippen molar-refractivity contribution in [2.45, 2.75) is 64.3 Å². The zero-order valence-electron chi connectivity index (χ0n) is 12.6. The number of likely N-dealkylation sites (tertiary alicyclic amines) is 1. The summed E-state index contributed by atoms with van der Waals surface area (Å²) in [7, 11) is 0. The molecule has 0 spiro atoms. The van der Waals surface area contributed by atoms with E-state index in [0.717, 1.165) is 32.1 Å². The van der Waals surface area contributed by atoms with E-state index in [-0.39, 0.29) is 11.4 Å². The molecule has 0 bridgehead atoms. The summed E-state index contributed by atoms with van der Waals surface area (Å²) in [4.78, 5) is 25.8. The molecule has 1 saturated heterocycles. The van der Waals surface area contributed by atoms with E-state index in [1.54, 1.807) is 4.90 Å². The van der Waals surface area contributed by atoms with Crippen molar-refractivity contribution in [1.82, 2.24) is 10.2 Å². The molecule has 1 heterocycles. The molecule has 5 heteroatoms. The van der Waals surface area contributed by atoms with Crippen LogP contribution in [-0.2, 0) is 4.79 Å². The lowest BCUT2D eigenvalue weighted by atomic mass is 9.90. The summed E-state index contributed by atoms with van der Waals surface area (Å²) in [5, 5.41) is 12.4. The molecule has 1 aliphatic carbocycles. The maximum absolute atomic E-state index is 12.4. The van der Waals surface area contributed by atoms with Crippen LogP contribution in [0.15, 0.2) is 0 Å². The van der Waals surface area contributed by atoms with Crippen molar-refractivity contribution in [1.29, 1.82) is 0 Å². The molecule has 20 heavy (non-hydrogen) atoms. The highest BCUT2D eigenvalue weighted by molar-refractivity contribution is 5.86. The van der Waals surface area contributed by atoms with Crippen LogP contribution in [0.5, 0.6) is 0 Å². The van der Waals surface area contributed by atoms with Gasteiger partial charge in [-0.1, -0.05) is 39.5 Å². The molecular weight excluding hydrogens is 256 g/mol. The van der Waals surface area contributed by atoms with Gasteiger partial charge in [0.1, 0.15) is 5.54 Å². The van der Waals surface area contributed by atoms with Crippen LogP contribution in [0.4, 0.5) is 4.79 Å². The Balaban J connectivity index is 2.04. The third-order valence-electron chi connectivity index (χ3n) is 4.68. The molecule has 2 aliphatic rings. The number of carbonyl (C=O) groups excluding carboxylic acids is 1. The number of rotatable bonds is 2. The van der Waals surface area contributed by atoms with E-state index in [4.69, 9.17) is 0 Å². The standard InChI is InChI=1S/C15H26N2O3/c1-14(2)9-10-17(11-14)13(20)16-15(12(18)19)7-5-3-4-6-8-15/h3-11H2,1-2H3,(H,16,20)(H,18,19). The quantitative estimate of drug-likeness (QED) is 0.765. The lowest BCUT2D eigenvalue weighted by Gasteiger charge is -2.32. The zero-order valence-corrected chi connectivity index (χ0v) is 12.6. The Hall–Kier alpha value is -1.26.